The van der Waals surface area contributed by atoms with E-state index in [2.05, 4.69) is 20.9 Å². The summed E-state index contributed by atoms with van der Waals surface area (Å²) < 4.78 is 6.05. The van der Waals surface area contributed by atoms with E-state index in [9.17, 15) is 0 Å². The lowest BCUT2D eigenvalue weighted by Crippen LogP contribution is -1.98. The summed E-state index contributed by atoms with van der Waals surface area (Å²) in [4.78, 5) is 4.02. The van der Waals surface area contributed by atoms with Crippen molar-refractivity contribution in [2.24, 2.45) is 4.99 Å². The number of rotatable bonds is 0. The van der Waals surface area contributed by atoms with Gasteiger partial charge in [0.25, 0.3) is 0 Å². The van der Waals surface area contributed by atoms with Crippen LogP contribution in [-0.2, 0) is 4.74 Å². The van der Waals surface area contributed by atoms with Crippen LogP contribution in [0.3, 0.4) is 0 Å². The summed E-state index contributed by atoms with van der Waals surface area (Å²) in [7, 11) is 1.62. The van der Waals surface area contributed by atoms with Crippen molar-refractivity contribution in [3.8, 4) is 0 Å². The second-order valence-corrected chi connectivity index (χ2v) is 2.88. The van der Waals surface area contributed by atoms with E-state index in [4.69, 9.17) is 4.74 Å². The summed E-state index contributed by atoms with van der Waals surface area (Å²) in [5.41, 5.74) is 0. The summed E-state index contributed by atoms with van der Waals surface area (Å²) in [5, 5.41) is 0. The molecular weight excluding hydrogens is 194 g/mol. The van der Waals surface area contributed by atoms with Gasteiger partial charge in [-0.3, -0.25) is 0 Å². The minimum absolute atomic E-state index is 0.733. The molecule has 0 spiro atoms. The predicted octanol–water partition coefficient (Wildman–Crippen LogP) is 2.23. The van der Waals surface area contributed by atoms with Crippen LogP contribution >= 0.6 is 15.9 Å². The molecule has 2 nitrogen and oxygen atoms in total. The SMILES string of the molecule is COC1=NC=CC=C(Br)C1. The molecule has 0 aromatic rings. The highest BCUT2D eigenvalue weighted by Crippen LogP contribution is 2.13. The quantitative estimate of drug-likeness (QED) is 0.590. The van der Waals surface area contributed by atoms with Gasteiger partial charge in [0, 0.05) is 10.7 Å². The summed E-state index contributed by atoms with van der Waals surface area (Å²) in [6.07, 6.45) is 6.28. The van der Waals surface area contributed by atoms with E-state index < -0.39 is 0 Å². The molecule has 0 N–H and O–H groups in total. The van der Waals surface area contributed by atoms with Gasteiger partial charge in [0.1, 0.15) is 0 Å². The molecule has 0 aliphatic carbocycles. The molecule has 1 heterocycles. The van der Waals surface area contributed by atoms with Gasteiger partial charge < -0.3 is 4.74 Å². The normalized spacial score (nSPS) is 17.4. The largest absolute Gasteiger partial charge is 0.484 e. The first-order valence-electron chi connectivity index (χ1n) is 2.95. The molecule has 0 amide bonds. The van der Waals surface area contributed by atoms with E-state index in [1.54, 1.807) is 13.3 Å². The van der Waals surface area contributed by atoms with Crippen LogP contribution < -0.4 is 0 Å². The fourth-order valence-electron chi connectivity index (χ4n) is 0.648. The van der Waals surface area contributed by atoms with Crippen LogP contribution in [0.1, 0.15) is 6.42 Å². The highest BCUT2D eigenvalue weighted by Gasteiger charge is 2.00. The van der Waals surface area contributed by atoms with E-state index in [0.717, 1.165) is 16.8 Å². The maximum atomic E-state index is 4.97. The van der Waals surface area contributed by atoms with Crippen molar-refractivity contribution in [1.82, 2.24) is 0 Å². The van der Waals surface area contributed by atoms with Crippen molar-refractivity contribution >= 4 is 21.8 Å². The van der Waals surface area contributed by atoms with Gasteiger partial charge in [-0.05, 0) is 6.08 Å². The second-order valence-electron chi connectivity index (χ2n) is 1.86. The standard InChI is InChI=1S/C7H8BrNO/c1-10-7-5-6(8)3-2-4-9-7/h2-4H,5H2,1H3. The zero-order chi connectivity index (χ0) is 7.40. The third kappa shape index (κ3) is 1.99. The van der Waals surface area contributed by atoms with Crippen molar-refractivity contribution in [2.45, 2.75) is 6.42 Å². The minimum Gasteiger partial charge on any atom is -0.484 e. The van der Waals surface area contributed by atoms with E-state index in [0.29, 0.717) is 0 Å². The Balaban J connectivity index is 2.72. The van der Waals surface area contributed by atoms with Crippen molar-refractivity contribution < 1.29 is 4.74 Å². The number of aliphatic imine (C=N–C) groups is 1. The van der Waals surface area contributed by atoms with Crippen LogP contribution in [0.2, 0.25) is 0 Å². The average molecular weight is 202 g/mol. The number of ether oxygens (including phenoxy) is 1. The molecule has 1 aliphatic heterocycles. The molecule has 0 aromatic heterocycles. The van der Waals surface area contributed by atoms with Crippen LogP contribution in [0, 0.1) is 0 Å². The molecule has 3 heteroatoms. The van der Waals surface area contributed by atoms with Gasteiger partial charge in [-0.2, -0.15) is 0 Å². The Kier molecular flexibility index (Phi) is 2.68. The molecule has 0 saturated heterocycles. The summed E-state index contributed by atoms with van der Waals surface area (Å²) in [5.74, 6) is 0.733. The number of hydrogen-bond donors (Lipinski definition) is 0. The molecule has 0 atom stereocenters. The summed E-state index contributed by atoms with van der Waals surface area (Å²) in [6.45, 7) is 0. The van der Waals surface area contributed by atoms with E-state index in [-0.39, 0.29) is 0 Å². The molecule has 0 aromatic carbocycles. The third-order valence-corrected chi connectivity index (χ3v) is 1.68. The van der Waals surface area contributed by atoms with Gasteiger partial charge in [-0.15, -0.1) is 0 Å². The van der Waals surface area contributed by atoms with Gasteiger partial charge in [0.2, 0.25) is 0 Å². The van der Waals surface area contributed by atoms with E-state index in [1.807, 2.05) is 12.2 Å². The third-order valence-electron chi connectivity index (χ3n) is 1.14. The lowest BCUT2D eigenvalue weighted by molar-refractivity contribution is 0.395. The molecule has 10 heavy (non-hydrogen) atoms. The summed E-state index contributed by atoms with van der Waals surface area (Å²) in [6, 6.07) is 0. The van der Waals surface area contributed by atoms with E-state index >= 15 is 0 Å². The molecule has 0 saturated carbocycles. The number of hydrogen-bond acceptors (Lipinski definition) is 2. The minimum atomic E-state index is 0.733. The van der Waals surface area contributed by atoms with Crippen LogP contribution in [0.25, 0.3) is 0 Å². The van der Waals surface area contributed by atoms with Crippen molar-refractivity contribution in [3.63, 3.8) is 0 Å². The first kappa shape index (κ1) is 7.54. The van der Waals surface area contributed by atoms with Crippen LogP contribution in [0.5, 0.6) is 0 Å². The molecule has 0 bridgehead atoms. The average Bonchev–Trinajstić information content (AvgIpc) is 2.13. The monoisotopic (exact) mass is 201 g/mol. The number of allylic oxidation sites excluding steroid dienone is 2. The fourth-order valence-corrected chi connectivity index (χ4v) is 1.04. The van der Waals surface area contributed by atoms with Gasteiger partial charge in [-0.25, -0.2) is 4.99 Å². The smallest absolute Gasteiger partial charge is 0.192 e. The second kappa shape index (κ2) is 3.56. The van der Waals surface area contributed by atoms with E-state index in [1.165, 1.54) is 0 Å². The van der Waals surface area contributed by atoms with Gasteiger partial charge in [0.05, 0.1) is 13.5 Å². The Morgan fingerprint density at radius 1 is 1.70 bits per heavy atom. The van der Waals surface area contributed by atoms with Crippen molar-refractivity contribution in [2.75, 3.05) is 7.11 Å². The van der Waals surface area contributed by atoms with Gasteiger partial charge >= 0.3 is 0 Å². The Labute approximate surface area is 68.4 Å². The highest BCUT2D eigenvalue weighted by atomic mass is 79.9. The Bertz CT molecular complexity index is 206. The molecule has 54 valence electrons. The zero-order valence-corrected chi connectivity index (χ0v) is 7.26. The summed E-state index contributed by atoms with van der Waals surface area (Å²) >= 11 is 3.37. The molecule has 0 fully saturated rings. The number of nitrogens with zero attached hydrogens (tertiary/aromatic N) is 1. The lowest BCUT2D eigenvalue weighted by Gasteiger charge is -1.99. The maximum Gasteiger partial charge on any atom is 0.192 e. The number of halogens is 1. The first-order chi connectivity index (χ1) is 4.83. The highest BCUT2D eigenvalue weighted by molar-refractivity contribution is 9.11. The molecule has 0 unspecified atom stereocenters. The molecular formula is C7H8BrNO. The lowest BCUT2D eigenvalue weighted by atomic mass is 10.4. The van der Waals surface area contributed by atoms with Crippen LogP contribution in [0.4, 0.5) is 0 Å². The Hall–Kier alpha value is -0.570. The maximum absolute atomic E-state index is 4.97. The Morgan fingerprint density at radius 2 is 2.50 bits per heavy atom. The van der Waals surface area contributed by atoms with Crippen LogP contribution in [-0.4, -0.2) is 13.0 Å². The van der Waals surface area contributed by atoms with Crippen LogP contribution in [0.15, 0.2) is 27.8 Å². The molecule has 1 rings (SSSR count). The Morgan fingerprint density at radius 3 is 3.20 bits per heavy atom. The molecule has 1 aliphatic rings. The molecule has 0 radical (unpaired) electrons. The van der Waals surface area contributed by atoms with Crippen molar-refractivity contribution in [1.29, 1.82) is 0 Å². The fraction of sp³-hybridized carbons (Fsp3) is 0.286. The van der Waals surface area contributed by atoms with Crippen molar-refractivity contribution in [3.05, 3.63) is 22.8 Å². The topological polar surface area (TPSA) is 21.6 Å². The number of methoxy groups -OCH3 is 1. The zero-order valence-electron chi connectivity index (χ0n) is 5.67. The first-order valence-corrected chi connectivity index (χ1v) is 3.74. The van der Waals surface area contributed by atoms with Gasteiger partial charge in [0.15, 0.2) is 5.90 Å². The predicted molar refractivity (Wildman–Crippen MR) is 45.2 cm³/mol. The van der Waals surface area contributed by atoms with Gasteiger partial charge in [-0.1, -0.05) is 22.0 Å².